The van der Waals surface area contributed by atoms with Crippen LogP contribution in [0.1, 0.15) is 36.5 Å². The SMILES string of the molecule is CCCCC(Oc1cc([N+](=O)[O-])ccc1C=O)C(=O)OC. The van der Waals surface area contributed by atoms with Crippen LogP contribution in [-0.2, 0) is 9.53 Å². The molecule has 0 saturated carbocycles. The number of aldehydes is 1. The number of ether oxygens (including phenoxy) is 2. The highest BCUT2D eigenvalue weighted by atomic mass is 16.6. The van der Waals surface area contributed by atoms with Crippen LogP contribution in [0.3, 0.4) is 0 Å². The third-order valence-electron chi connectivity index (χ3n) is 2.89. The molecule has 0 amide bonds. The molecule has 0 bridgehead atoms. The average molecular weight is 295 g/mol. The highest BCUT2D eigenvalue weighted by Crippen LogP contribution is 2.25. The monoisotopic (exact) mass is 295 g/mol. The van der Waals surface area contributed by atoms with Gasteiger partial charge in [-0.25, -0.2) is 4.79 Å². The Bertz CT molecular complexity index is 528. The summed E-state index contributed by atoms with van der Waals surface area (Å²) >= 11 is 0. The Hall–Kier alpha value is -2.44. The second-order valence-electron chi connectivity index (χ2n) is 4.37. The summed E-state index contributed by atoms with van der Waals surface area (Å²) in [5, 5.41) is 10.8. The minimum absolute atomic E-state index is 0.00528. The summed E-state index contributed by atoms with van der Waals surface area (Å²) in [6.45, 7) is 1.96. The molecule has 7 nitrogen and oxygen atoms in total. The van der Waals surface area contributed by atoms with E-state index < -0.39 is 17.0 Å². The van der Waals surface area contributed by atoms with Gasteiger partial charge in [0.1, 0.15) is 5.75 Å². The van der Waals surface area contributed by atoms with Crippen LogP contribution in [0.15, 0.2) is 18.2 Å². The Morgan fingerprint density at radius 1 is 1.48 bits per heavy atom. The van der Waals surface area contributed by atoms with Crippen molar-refractivity contribution in [1.29, 1.82) is 0 Å². The van der Waals surface area contributed by atoms with Crippen molar-refractivity contribution in [2.45, 2.75) is 32.3 Å². The number of carbonyl (C=O) groups excluding carboxylic acids is 2. The van der Waals surface area contributed by atoms with Crippen molar-refractivity contribution in [3.8, 4) is 5.75 Å². The third kappa shape index (κ3) is 4.55. The summed E-state index contributed by atoms with van der Waals surface area (Å²) in [4.78, 5) is 32.8. The zero-order valence-corrected chi connectivity index (χ0v) is 11.9. The number of carbonyl (C=O) groups is 2. The van der Waals surface area contributed by atoms with Crippen LogP contribution >= 0.6 is 0 Å². The van der Waals surface area contributed by atoms with Crippen LogP contribution in [0.25, 0.3) is 0 Å². The summed E-state index contributed by atoms with van der Waals surface area (Å²) < 4.78 is 10.1. The summed E-state index contributed by atoms with van der Waals surface area (Å²) in [5.41, 5.74) is -0.0688. The number of hydrogen-bond acceptors (Lipinski definition) is 6. The minimum atomic E-state index is -0.893. The topological polar surface area (TPSA) is 95.7 Å². The minimum Gasteiger partial charge on any atom is -0.478 e. The van der Waals surface area contributed by atoms with E-state index in [-0.39, 0.29) is 17.0 Å². The predicted octanol–water partition coefficient (Wildman–Crippen LogP) is 2.52. The van der Waals surface area contributed by atoms with E-state index in [4.69, 9.17) is 4.74 Å². The number of hydrogen-bond donors (Lipinski definition) is 0. The van der Waals surface area contributed by atoms with Gasteiger partial charge in [0.2, 0.25) is 0 Å². The van der Waals surface area contributed by atoms with Gasteiger partial charge < -0.3 is 9.47 Å². The van der Waals surface area contributed by atoms with E-state index in [1.807, 2.05) is 6.92 Å². The molecule has 7 heteroatoms. The van der Waals surface area contributed by atoms with E-state index in [0.29, 0.717) is 12.7 Å². The third-order valence-corrected chi connectivity index (χ3v) is 2.89. The van der Waals surface area contributed by atoms with E-state index in [0.717, 1.165) is 18.9 Å². The van der Waals surface area contributed by atoms with Crippen LogP contribution in [0, 0.1) is 10.1 Å². The molecule has 0 aliphatic heterocycles. The Labute approximate surface area is 122 Å². The number of unbranched alkanes of at least 4 members (excludes halogenated alkanes) is 1. The first kappa shape index (κ1) is 16.6. The number of benzene rings is 1. The van der Waals surface area contributed by atoms with E-state index in [9.17, 15) is 19.7 Å². The second-order valence-corrected chi connectivity index (χ2v) is 4.37. The molecule has 0 fully saturated rings. The van der Waals surface area contributed by atoms with Crippen molar-refractivity contribution in [3.63, 3.8) is 0 Å². The summed E-state index contributed by atoms with van der Waals surface area (Å²) in [7, 11) is 1.23. The number of nitro benzene ring substituents is 1. The molecule has 0 spiro atoms. The summed E-state index contributed by atoms with van der Waals surface area (Å²) in [6.07, 6.45) is 1.62. The zero-order valence-electron chi connectivity index (χ0n) is 11.9. The molecule has 0 N–H and O–H groups in total. The number of esters is 1. The first-order valence-electron chi connectivity index (χ1n) is 6.51. The first-order valence-corrected chi connectivity index (χ1v) is 6.51. The molecule has 0 radical (unpaired) electrons. The molecule has 0 aliphatic carbocycles. The second kappa shape index (κ2) is 7.98. The van der Waals surface area contributed by atoms with E-state index >= 15 is 0 Å². The molecule has 0 heterocycles. The van der Waals surface area contributed by atoms with Gasteiger partial charge in [0.15, 0.2) is 12.4 Å². The molecule has 1 rings (SSSR count). The van der Waals surface area contributed by atoms with E-state index in [2.05, 4.69) is 4.74 Å². The maximum atomic E-state index is 11.7. The van der Waals surface area contributed by atoms with Gasteiger partial charge in [-0.3, -0.25) is 14.9 Å². The molecule has 0 aliphatic rings. The van der Waals surface area contributed by atoms with Gasteiger partial charge in [-0.1, -0.05) is 13.3 Å². The molecular weight excluding hydrogens is 278 g/mol. The molecule has 0 aromatic heterocycles. The van der Waals surface area contributed by atoms with Gasteiger partial charge in [0, 0.05) is 6.07 Å². The summed E-state index contributed by atoms with van der Waals surface area (Å²) in [5.74, 6) is -0.572. The maximum Gasteiger partial charge on any atom is 0.347 e. The van der Waals surface area contributed by atoms with Gasteiger partial charge in [-0.2, -0.15) is 0 Å². The van der Waals surface area contributed by atoms with Crippen LogP contribution in [0.2, 0.25) is 0 Å². The maximum absolute atomic E-state index is 11.7. The van der Waals surface area contributed by atoms with E-state index in [1.54, 1.807) is 0 Å². The smallest absolute Gasteiger partial charge is 0.347 e. The average Bonchev–Trinajstić information content (AvgIpc) is 2.50. The number of methoxy groups -OCH3 is 1. The first-order chi connectivity index (χ1) is 10.0. The van der Waals surface area contributed by atoms with Crippen LogP contribution in [-0.4, -0.2) is 30.4 Å². The Morgan fingerprint density at radius 3 is 2.71 bits per heavy atom. The Morgan fingerprint density at radius 2 is 2.19 bits per heavy atom. The number of rotatable bonds is 8. The normalized spacial score (nSPS) is 11.5. The molecule has 1 aromatic carbocycles. The highest BCUT2D eigenvalue weighted by Gasteiger charge is 2.23. The fourth-order valence-electron chi connectivity index (χ4n) is 1.74. The zero-order chi connectivity index (χ0) is 15.8. The lowest BCUT2D eigenvalue weighted by Crippen LogP contribution is -2.29. The van der Waals surface area contributed by atoms with Gasteiger partial charge >= 0.3 is 5.97 Å². The van der Waals surface area contributed by atoms with Crippen molar-refractivity contribution in [1.82, 2.24) is 0 Å². The van der Waals surface area contributed by atoms with Crippen molar-refractivity contribution < 1.29 is 24.0 Å². The van der Waals surface area contributed by atoms with Crippen molar-refractivity contribution in [2.75, 3.05) is 7.11 Å². The van der Waals surface area contributed by atoms with Crippen molar-refractivity contribution in [2.24, 2.45) is 0 Å². The molecule has 1 atom stereocenters. The highest BCUT2D eigenvalue weighted by molar-refractivity contribution is 5.81. The summed E-state index contributed by atoms with van der Waals surface area (Å²) in [6, 6.07) is 3.62. The van der Waals surface area contributed by atoms with Gasteiger partial charge in [0.25, 0.3) is 5.69 Å². The molecule has 1 aromatic rings. The predicted molar refractivity (Wildman–Crippen MR) is 74.4 cm³/mol. The van der Waals surface area contributed by atoms with Crippen LogP contribution < -0.4 is 4.74 Å². The van der Waals surface area contributed by atoms with Crippen LogP contribution in [0.4, 0.5) is 5.69 Å². The van der Waals surface area contributed by atoms with Gasteiger partial charge in [-0.05, 0) is 18.9 Å². The fourth-order valence-corrected chi connectivity index (χ4v) is 1.74. The lowest BCUT2D eigenvalue weighted by Gasteiger charge is -2.17. The molecule has 114 valence electrons. The largest absolute Gasteiger partial charge is 0.478 e. The number of nitrogens with zero attached hydrogens (tertiary/aromatic N) is 1. The van der Waals surface area contributed by atoms with Crippen LogP contribution in [0.5, 0.6) is 5.75 Å². The fraction of sp³-hybridized carbons (Fsp3) is 0.429. The Kier molecular flexibility index (Phi) is 6.32. The molecular formula is C14H17NO6. The number of non-ortho nitro benzene ring substituents is 1. The number of nitro groups is 1. The lowest BCUT2D eigenvalue weighted by atomic mass is 10.1. The van der Waals surface area contributed by atoms with E-state index in [1.165, 1.54) is 19.2 Å². The van der Waals surface area contributed by atoms with Crippen molar-refractivity contribution >= 4 is 17.9 Å². The molecule has 21 heavy (non-hydrogen) atoms. The Balaban J connectivity index is 3.05. The quantitative estimate of drug-likeness (QED) is 0.316. The van der Waals surface area contributed by atoms with Crippen molar-refractivity contribution in [3.05, 3.63) is 33.9 Å². The van der Waals surface area contributed by atoms with Gasteiger partial charge in [-0.15, -0.1) is 0 Å². The lowest BCUT2D eigenvalue weighted by molar-refractivity contribution is -0.385. The standard InChI is InChI=1S/C14H17NO6/c1-3-4-5-12(14(17)20-2)21-13-8-11(15(18)19)7-6-10(13)9-16/h6-9,12H,3-5H2,1-2H3. The van der Waals surface area contributed by atoms with Gasteiger partial charge in [0.05, 0.1) is 23.7 Å². The molecule has 0 saturated heterocycles. The molecule has 1 unspecified atom stereocenters.